The molecule has 0 aliphatic heterocycles. The molecule has 2 aromatic carbocycles. The minimum atomic E-state index is -0.211. The highest BCUT2D eigenvalue weighted by Gasteiger charge is 2.20. The van der Waals surface area contributed by atoms with E-state index in [-0.39, 0.29) is 36.7 Å². The fraction of sp³-hybridized carbons (Fsp3) is 0.462. The highest BCUT2D eigenvalue weighted by Crippen LogP contribution is 2.33. The lowest BCUT2D eigenvalue weighted by molar-refractivity contribution is -0.121. The molecule has 172 valence electrons. The molecular weight excluding hydrogens is 406 g/mol. The van der Waals surface area contributed by atoms with E-state index in [1.54, 1.807) is 31.4 Å². The zero-order chi connectivity index (χ0) is 22.9. The fourth-order valence-electron chi connectivity index (χ4n) is 3.91. The third-order valence-corrected chi connectivity index (χ3v) is 5.73. The molecule has 2 aromatic rings. The van der Waals surface area contributed by atoms with E-state index < -0.39 is 0 Å². The Labute approximate surface area is 190 Å². The van der Waals surface area contributed by atoms with Gasteiger partial charge in [-0.05, 0) is 81.5 Å². The highest BCUT2D eigenvalue weighted by atomic mass is 16.5. The molecule has 1 unspecified atom stereocenters. The summed E-state index contributed by atoms with van der Waals surface area (Å²) in [7, 11) is 1.62. The molecule has 0 saturated heterocycles. The molecule has 32 heavy (non-hydrogen) atoms. The molecule has 0 heterocycles. The SMILES string of the molecule is CCOc1ccc(C(=O)CCC(=O)NC(C)c2ccc(OC3CCCC3)c(OC)c2)cc1. The van der Waals surface area contributed by atoms with Gasteiger partial charge in [0.25, 0.3) is 0 Å². The Morgan fingerprint density at radius 1 is 1.03 bits per heavy atom. The first-order chi connectivity index (χ1) is 15.5. The number of Topliss-reactive ketones (excluding diaryl/α,β-unsaturated/α-hetero) is 1. The van der Waals surface area contributed by atoms with Crippen LogP contribution in [-0.2, 0) is 4.79 Å². The maximum atomic E-state index is 12.4. The topological polar surface area (TPSA) is 73.9 Å². The molecule has 1 aliphatic rings. The molecule has 6 nitrogen and oxygen atoms in total. The molecule has 0 bridgehead atoms. The summed E-state index contributed by atoms with van der Waals surface area (Å²) >= 11 is 0. The lowest BCUT2D eigenvalue weighted by Gasteiger charge is -2.19. The molecule has 1 atom stereocenters. The van der Waals surface area contributed by atoms with Crippen molar-refractivity contribution in [2.75, 3.05) is 13.7 Å². The monoisotopic (exact) mass is 439 g/mol. The van der Waals surface area contributed by atoms with Crippen LogP contribution in [-0.4, -0.2) is 31.5 Å². The van der Waals surface area contributed by atoms with Crippen LogP contribution < -0.4 is 19.5 Å². The van der Waals surface area contributed by atoms with E-state index in [9.17, 15) is 9.59 Å². The zero-order valence-electron chi connectivity index (χ0n) is 19.2. The molecule has 6 heteroatoms. The van der Waals surface area contributed by atoms with Crippen LogP contribution in [0.25, 0.3) is 0 Å². The van der Waals surface area contributed by atoms with Gasteiger partial charge >= 0.3 is 0 Å². The fourth-order valence-corrected chi connectivity index (χ4v) is 3.91. The molecule has 1 fully saturated rings. The first-order valence-electron chi connectivity index (χ1n) is 11.4. The second-order valence-electron chi connectivity index (χ2n) is 8.10. The quantitative estimate of drug-likeness (QED) is 0.484. The predicted molar refractivity (Wildman–Crippen MR) is 124 cm³/mol. The third-order valence-electron chi connectivity index (χ3n) is 5.73. The van der Waals surface area contributed by atoms with Crippen molar-refractivity contribution < 1.29 is 23.8 Å². The largest absolute Gasteiger partial charge is 0.494 e. The van der Waals surface area contributed by atoms with Gasteiger partial charge in [-0.15, -0.1) is 0 Å². The summed E-state index contributed by atoms with van der Waals surface area (Å²) in [5.74, 6) is 1.91. The second kappa shape index (κ2) is 11.6. The summed E-state index contributed by atoms with van der Waals surface area (Å²) in [5.41, 5.74) is 1.50. The summed E-state index contributed by atoms with van der Waals surface area (Å²) in [6.07, 6.45) is 5.10. The number of amides is 1. The lowest BCUT2D eigenvalue weighted by atomic mass is 10.0. The van der Waals surface area contributed by atoms with Crippen molar-refractivity contribution in [2.45, 2.75) is 64.5 Å². The van der Waals surface area contributed by atoms with Gasteiger partial charge in [-0.2, -0.15) is 0 Å². The summed E-state index contributed by atoms with van der Waals surface area (Å²) in [6.45, 7) is 4.40. The van der Waals surface area contributed by atoms with Crippen LogP contribution >= 0.6 is 0 Å². The minimum absolute atomic E-state index is 0.0639. The first kappa shape index (κ1) is 23.6. The van der Waals surface area contributed by atoms with Crippen LogP contribution in [0.3, 0.4) is 0 Å². The predicted octanol–water partition coefficient (Wildman–Crippen LogP) is 5.26. The Morgan fingerprint density at radius 2 is 1.75 bits per heavy atom. The maximum Gasteiger partial charge on any atom is 0.220 e. The normalized spacial score (nSPS) is 14.6. The second-order valence-corrected chi connectivity index (χ2v) is 8.10. The van der Waals surface area contributed by atoms with Crippen LogP contribution in [0.15, 0.2) is 42.5 Å². The van der Waals surface area contributed by atoms with Crippen molar-refractivity contribution in [3.63, 3.8) is 0 Å². The van der Waals surface area contributed by atoms with Gasteiger partial charge in [-0.25, -0.2) is 0 Å². The number of rotatable bonds is 11. The number of hydrogen-bond donors (Lipinski definition) is 1. The van der Waals surface area contributed by atoms with Gasteiger partial charge < -0.3 is 19.5 Å². The van der Waals surface area contributed by atoms with E-state index in [1.807, 2.05) is 32.0 Å². The van der Waals surface area contributed by atoms with Gasteiger partial charge in [0.15, 0.2) is 17.3 Å². The number of ketones is 1. The number of hydrogen-bond acceptors (Lipinski definition) is 5. The third kappa shape index (κ3) is 6.49. The number of carbonyl (C=O) groups is 2. The number of nitrogens with one attached hydrogen (secondary N) is 1. The van der Waals surface area contributed by atoms with Gasteiger partial charge in [0.2, 0.25) is 5.91 Å². The zero-order valence-corrected chi connectivity index (χ0v) is 19.2. The van der Waals surface area contributed by atoms with Gasteiger partial charge in [-0.3, -0.25) is 9.59 Å². The van der Waals surface area contributed by atoms with E-state index in [2.05, 4.69) is 5.32 Å². The highest BCUT2D eigenvalue weighted by molar-refractivity contribution is 5.98. The van der Waals surface area contributed by atoms with Crippen molar-refractivity contribution in [1.82, 2.24) is 5.32 Å². The smallest absolute Gasteiger partial charge is 0.220 e. The van der Waals surface area contributed by atoms with Crippen molar-refractivity contribution in [2.24, 2.45) is 0 Å². The number of benzene rings is 2. The summed E-state index contributed by atoms with van der Waals surface area (Å²) < 4.78 is 17.0. The van der Waals surface area contributed by atoms with E-state index in [0.29, 0.717) is 17.9 Å². The van der Waals surface area contributed by atoms with Crippen LogP contribution in [0.4, 0.5) is 0 Å². The molecule has 1 amide bonds. The average molecular weight is 440 g/mol. The lowest BCUT2D eigenvalue weighted by Crippen LogP contribution is -2.27. The molecule has 0 aromatic heterocycles. The summed E-state index contributed by atoms with van der Waals surface area (Å²) in [6, 6.07) is 12.6. The Hall–Kier alpha value is -3.02. The van der Waals surface area contributed by atoms with Gasteiger partial charge in [-0.1, -0.05) is 6.07 Å². The molecular formula is C26H33NO5. The van der Waals surface area contributed by atoms with Crippen LogP contribution in [0, 0.1) is 0 Å². The molecule has 0 spiro atoms. The Kier molecular flexibility index (Phi) is 8.54. The van der Waals surface area contributed by atoms with E-state index in [1.165, 1.54) is 12.8 Å². The van der Waals surface area contributed by atoms with Gasteiger partial charge in [0.05, 0.1) is 25.9 Å². The number of methoxy groups -OCH3 is 1. The number of carbonyl (C=O) groups excluding carboxylic acids is 2. The molecule has 0 radical (unpaired) electrons. The van der Waals surface area contributed by atoms with Crippen LogP contribution in [0.1, 0.15) is 74.3 Å². The standard InChI is InChI=1S/C26H33NO5/c1-4-31-21-12-9-19(10-13-21)23(28)14-16-26(29)27-18(2)20-11-15-24(25(17-20)30-3)32-22-7-5-6-8-22/h9-13,15,17-18,22H,4-8,14,16H2,1-3H3,(H,27,29). The maximum absolute atomic E-state index is 12.4. The van der Waals surface area contributed by atoms with E-state index in [4.69, 9.17) is 14.2 Å². The van der Waals surface area contributed by atoms with Crippen molar-refractivity contribution in [3.8, 4) is 17.2 Å². The average Bonchev–Trinajstić information content (AvgIpc) is 3.31. The molecule has 1 aliphatic carbocycles. The van der Waals surface area contributed by atoms with E-state index in [0.717, 1.165) is 29.9 Å². The Morgan fingerprint density at radius 3 is 2.41 bits per heavy atom. The molecule has 1 saturated carbocycles. The molecule has 3 rings (SSSR count). The number of ether oxygens (including phenoxy) is 3. The van der Waals surface area contributed by atoms with Gasteiger partial charge in [0, 0.05) is 18.4 Å². The Bertz CT molecular complexity index is 903. The van der Waals surface area contributed by atoms with Crippen LogP contribution in [0.5, 0.6) is 17.2 Å². The van der Waals surface area contributed by atoms with Crippen molar-refractivity contribution >= 4 is 11.7 Å². The Balaban J connectivity index is 1.51. The van der Waals surface area contributed by atoms with Crippen molar-refractivity contribution in [3.05, 3.63) is 53.6 Å². The first-order valence-corrected chi connectivity index (χ1v) is 11.4. The summed E-state index contributed by atoms with van der Waals surface area (Å²) in [4.78, 5) is 24.8. The minimum Gasteiger partial charge on any atom is -0.494 e. The van der Waals surface area contributed by atoms with E-state index >= 15 is 0 Å². The molecule has 1 N–H and O–H groups in total. The van der Waals surface area contributed by atoms with Gasteiger partial charge in [0.1, 0.15) is 5.75 Å². The van der Waals surface area contributed by atoms with Crippen LogP contribution in [0.2, 0.25) is 0 Å². The van der Waals surface area contributed by atoms with Crippen molar-refractivity contribution in [1.29, 1.82) is 0 Å². The summed E-state index contributed by atoms with van der Waals surface area (Å²) in [5, 5.41) is 2.97.